The van der Waals surface area contributed by atoms with Gasteiger partial charge in [0.15, 0.2) is 11.5 Å². The number of aryl methyl sites for hydroxylation is 2. The Hall–Kier alpha value is -2.50. The Kier molecular flexibility index (Phi) is 3.51. The molecular formula is C15H16N2O4. The highest BCUT2D eigenvalue weighted by Crippen LogP contribution is 2.33. The number of nitrogens with one attached hydrogen (secondary N) is 1. The maximum absolute atomic E-state index is 12.3. The zero-order valence-corrected chi connectivity index (χ0v) is 11.9. The topological polar surface area (TPSA) is 73.6 Å². The predicted molar refractivity (Wildman–Crippen MR) is 74.6 cm³/mol. The van der Waals surface area contributed by atoms with Gasteiger partial charge in [-0.05, 0) is 26.0 Å². The van der Waals surface area contributed by atoms with Gasteiger partial charge in [-0.15, -0.1) is 0 Å². The van der Waals surface area contributed by atoms with E-state index < -0.39 is 0 Å². The molecule has 0 atom stereocenters. The van der Waals surface area contributed by atoms with E-state index in [2.05, 4.69) is 10.5 Å². The van der Waals surface area contributed by atoms with E-state index in [1.807, 2.05) is 13.8 Å². The van der Waals surface area contributed by atoms with Gasteiger partial charge in [0.1, 0.15) is 19.0 Å². The highest BCUT2D eigenvalue weighted by atomic mass is 16.6. The Labute approximate surface area is 122 Å². The van der Waals surface area contributed by atoms with Crippen LogP contribution in [0.5, 0.6) is 11.5 Å². The summed E-state index contributed by atoms with van der Waals surface area (Å²) in [4.78, 5) is 12.3. The summed E-state index contributed by atoms with van der Waals surface area (Å²) in [5.41, 5.74) is 2.15. The van der Waals surface area contributed by atoms with E-state index >= 15 is 0 Å². The smallest absolute Gasteiger partial charge is 0.255 e. The van der Waals surface area contributed by atoms with Gasteiger partial charge in [-0.1, -0.05) is 11.2 Å². The molecule has 110 valence electrons. The van der Waals surface area contributed by atoms with Gasteiger partial charge in [-0.3, -0.25) is 4.79 Å². The molecule has 0 unspecified atom stereocenters. The minimum absolute atomic E-state index is 0.211. The molecule has 2 aromatic rings. The molecule has 0 saturated carbocycles. The Balaban J connectivity index is 1.77. The van der Waals surface area contributed by atoms with Gasteiger partial charge >= 0.3 is 0 Å². The molecule has 6 heteroatoms. The van der Waals surface area contributed by atoms with Crippen LogP contribution in [0.1, 0.15) is 27.4 Å². The Bertz CT molecular complexity index is 659. The number of carbonyl (C=O) groups excluding carboxylic acids is 1. The van der Waals surface area contributed by atoms with Crippen LogP contribution in [0.3, 0.4) is 0 Å². The lowest BCUT2D eigenvalue weighted by Crippen LogP contribution is -2.25. The van der Waals surface area contributed by atoms with Gasteiger partial charge in [-0.2, -0.15) is 0 Å². The van der Waals surface area contributed by atoms with Crippen LogP contribution in [0.15, 0.2) is 22.7 Å². The number of benzene rings is 1. The molecule has 1 N–H and O–H groups in total. The second-order valence-corrected chi connectivity index (χ2v) is 4.82. The summed E-state index contributed by atoms with van der Waals surface area (Å²) < 4.78 is 16.1. The van der Waals surface area contributed by atoms with Crippen LogP contribution in [-0.2, 0) is 6.54 Å². The first-order chi connectivity index (χ1) is 10.2. The lowest BCUT2D eigenvalue weighted by Gasteiger charge is -2.20. The molecule has 1 aromatic heterocycles. The van der Waals surface area contributed by atoms with E-state index in [-0.39, 0.29) is 5.91 Å². The van der Waals surface area contributed by atoms with Crippen LogP contribution >= 0.6 is 0 Å². The van der Waals surface area contributed by atoms with Gasteiger partial charge in [0.05, 0.1) is 11.3 Å². The Morgan fingerprint density at radius 1 is 1.29 bits per heavy atom. The normalized spacial score (nSPS) is 13.0. The fraction of sp³-hybridized carbons (Fsp3) is 0.333. The third-order valence-corrected chi connectivity index (χ3v) is 3.42. The van der Waals surface area contributed by atoms with Gasteiger partial charge < -0.3 is 19.3 Å². The summed E-state index contributed by atoms with van der Waals surface area (Å²) in [5.74, 6) is 1.60. The first-order valence-corrected chi connectivity index (χ1v) is 6.75. The lowest BCUT2D eigenvalue weighted by molar-refractivity contribution is 0.0939. The first-order valence-electron chi connectivity index (χ1n) is 6.75. The molecule has 0 aliphatic carbocycles. The quantitative estimate of drug-likeness (QED) is 0.935. The van der Waals surface area contributed by atoms with Crippen LogP contribution < -0.4 is 14.8 Å². The zero-order chi connectivity index (χ0) is 14.8. The van der Waals surface area contributed by atoms with Crippen LogP contribution in [-0.4, -0.2) is 24.3 Å². The van der Waals surface area contributed by atoms with E-state index in [1.54, 1.807) is 18.2 Å². The van der Waals surface area contributed by atoms with Crippen LogP contribution in [0.2, 0.25) is 0 Å². The van der Waals surface area contributed by atoms with Crippen molar-refractivity contribution in [1.29, 1.82) is 0 Å². The standard InChI is InChI=1S/C15H16N2O4/c1-9-12(10(2)21-17-9)8-16-15(18)11-4-3-5-13-14(11)20-7-6-19-13/h3-5H,6-8H2,1-2H3,(H,16,18). The number of hydrogen-bond donors (Lipinski definition) is 1. The number of rotatable bonds is 3. The van der Waals surface area contributed by atoms with Gasteiger partial charge in [0.25, 0.3) is 5.91 Å². The number of carbonyl (C=O) groups is 1. The molecule has 1 aromatic carbocycles. The van der Waals surface area contributed by atoms with E-state index in [9.17, 15) is 4.79 Å². The molecule has 1 aliphatic heterocycles. The molecule has 0 spiro atoms. The van der Waals surface area contributed by atoms with Crippen molar-refractivity contribution in [3.8, 4) is 11.5 Å². The van der Waals surface area contributed by atoms with E-state index in [4.69, 9.17) is 14.0 Å². The second-order valence-electron chi connectivity index (χ2n) is 4.82. The molecular weight excluding hydrogens is 272 g/mol. The van der Waals surface area contributed by atoms with Crippen molar-refractivity contribution in [2.75, 3.05) is 13.2 Å². The summed E-state index contributed by atoms with van der Waals surface area (Å²) in [6.07, 6.45) is 0. The van der Waals surface area contributed by atoms with Crippen molar-refractivity contribution in [3.63, 3.8) is 0 Å². The Morgan fingerprint density at radius 3 is 2.86 bits per heavy atom. The number of ether oxygens (including phenoxy) is 2. The highest BCUT2D eigenvalue weighted by molar-refractivity contribution is 5.97. The van der Waals surface area contributed by atoms with Crippen LogP contribution in [0.25, 0.3) is 0 Å². The molecule has 3 rings (SSSR count). The monoisotopic (exact) mass is 288 g/mol. The number of amides is 1. The SMILES string of the molecule is Cc1noc(C)c1CNC(=O)c1cccc2c1OCCO2. The number of aromatic nitrogens is 1. The third-order valence-electron chi connectivity index (χ3n) is 3.42. The minimum Gasteiger partial charge on any atom is -0.486 e. The zero-order valence-electron chi connectivity index (χ0n) is 11.9. The molecule has 21 heavy (non-hydrogen) atoms. The molecule has 0 saturated heterocycles. The second kappa shape index (κ2) is 5.47. The number of nitrogens with zero attached hydrogens (tertiary/aromatic N) is 1. The summed E-state index contributed by atoms with van der Waals surface area (Å²) in [7, 11) is 0. The van der Waals surface area contributed by atoms with Crippen LogP contribution in [0, 0.1) is 13.8 Å². The lowest BCUT2D eigenvalue weighted by atomic mass is 10.1. The van der Waals surface area contributed by atoms with Crippen molar-refractivity contribution < 1.29 is 18.8 Å². The molecule has 1 aliphatic rings. The van der Waals surface area contributed by atoms with E-state index in [1.165, 1.54) is 0 Å². The van der Waals surface area contributed by atoms with Crippen molar-refractivity contribution in [2.24, 2.45) is 0 Å². The summed E-state index contributed by atoms with van der Waals surface area (Å²) in [6.45, 7) is 4.98. The number of fused-ring (bicyclic) bond motifs is 1. The maximum Gasteiger partial charge on any atom is 0.255 e. The van der Waals surface area contributed by atoms with Crippen molar-refractivity contribution in [2.45, 2.75) is 20.4 Å². The third kappa shape index (κ3) is 2.56. The molecule has 1 amide bonds. The highest BCUT2D eigenvalue weighted by Gasteiger charge is 2.20. The molecule has 0 fully saturated rings. The average Bonchev–Trinajstić information content (AvgIpc) is 2.83. The number of hydrogen-bond acceptors (Lipinski definition) is 5. The molecule has 0 bridgehead atoms. The maximum atomic E-state index is 12.3. The van der Waals surface area contributed by atoms with Crippen molar-refractivity contribution in [1.82, 2.24) is 10.5 Å². The predicted octanol–water partition coefficient (Wildman–Crippen LogP) is 1.99. The van der Waals surface area contributed by atoms with Gasteiger partial charge in [0, 0.05) is 12.1 Å². The van der Waals surface area contributed by atoms with E-state index in [0.29, 0.717) is 42.6 Å². The van der Waals surface area contributed by atoms with Crippen LogP contribution in [0.4, 0.5) is 0 Å². The average molecular weight is 288 g/mol. The van der Waals surface area contributed by atoms with Gasteiger partial charge in [-0.25, -0.2) is 0 Å². The van der Waals surface area contributed by atoms with Crippen molar-refractivity contribution >= 4 is 5.91 Å². The van der Waals surface area contributed by atoms with Crippen molar-refractivity contribution in [3.05, 3.63) is 40.8 Å². The fourth-order valence-corrected chi connectivity index (χ4v) is 2.27. The molecule has 0 radical (unpaired) electrons. The number of para-hydroxylation sites is 1. The summed E-state index contributed by atoms with van der Waals surface area (Å²) in [5, 5.41) is 6.72. The van der Waals surface area contributed by atoms with Gasteiger partial charge in [0.2, 0.25) is 0 Å². The largest absolute Gasteiger partial charge is 0.486 e. The fourth-order valence-electron chi connectivity index (χ4n) is 2.27. The molecule has 6 nitrogen and oxygen atoms in total. The Morgan fingerprint density at radius 2 is 2.10 bits per heavy atom. The molecule has 2 heterocycles. The first kappa shape index (κ1) is 13.5. The summed E-state index contributed by atoms with van der Waals surface area (Å²) >= 11 is 0. The van der Waals surface area contributed by atoms with E-state index in [0.717, 1.165) is 11.3 Å². The minimum atomic E-state index is -0.211. The summed E-state index contributed by atoms with van der Waals surface area (Å²) in [6, 6.07) is 5.29.